The van der Waals surface area contributed by atoms with Gasteiger partial charge in [-0.1, -0.05) is 30.7 Å². The number of Topliss-reactive ketones (excluding diaryl/α,β-unsaturated/α-hetero) is 1. The van der Waals surface area contributed by atoms with Crippen LogP contribution in [0.4, 0.5) is 5.69 Å². The lowest BCUT2D eigenvalue weighted by Crippen LogP contribution is -2.46. The first-order valence-electron chi connectivity index (χ1n) is 10.5. The molecule has 0 aromatic heterocycles. The zero-order valence-electron chi connectivity index (χ0n) is 16.8. The van der Waals surface area contributed by atoms with Crippen LogP contribution in [0, 0.1) is 11.8 Å². The van der Waals surface area contributed by atoms with Crippen molar-refractivity contribution < 1.29 is 14.4 Å². The Morgan fingerprint density at radius 1 is 1.00 bits per heavy atom. The monoisotopic (exact) mass is 422 g/mol. The van der Waals surface area contributed by atoms with Gasteiger partial charge in [0.05, 0.1) is 23.6 Å². The molecule has 2 aromatic carbocycles. The third-order valence-electron chi connectivity index (χ3n) is 6.85. The van der Waals surface area contributed by atoms with Crippen LogP contribution in [0.5, 0.6) is 0 Å². The Hall–Kier alpha value is -2.50. The summed E-state index contributed by atoms with van der Waals surface area (Å²) in [6.07, 6.45) is 2.67. The summed E-state index contributed by atoms with van der Waals surface area (Å²) in [5.41, 5.74) is 2.27. The quantitative estimate of drug-likeness (QED) is 0.556. The molecule has 154 valence electrons. The maximum atomic E-state index is 13.5. The van der Waals surface area contributed by atoms with Crippen LogP contribution in [-0.2, 0) is 16.0 Å². The number of anilines is 1. The minimum atomic E-state index is -0.628. The van der Waals surface area contributed by atoms with Crippen molar-refractivity contribution in [3.8, 4) is 0 Å². The van der Waals surface area contributed by atoms with E-state index in [9.17, 15) is 14.4 Å². The van der Waals surface area contributed by atoms with Gasteiger partial charge in [0.15, 0.2) is 5.78 Å². The smallest absolute Gasteiger partial charge is 0.239 e. The highest BCUT2D eigenvalue weighted by Crippen LogP contribution is 2.48. The second kappa shape index (κ2) is 7.33. The molecule has 0 saturated carbocycles. The lowest BCUT2D eigenvalue weighted by atomic mass is 9.85. The highest BCUT2D eigenvalue weighted by molar-refractivity contribution is 6.30. The van der Waals surface area contributed by atoms with Gasteiger partial charge in [0.1, 0.15) is 0 Å². The van der Waals surface area contributed by atoms with Crippen molar-refractivity contribution in [2.45, 2.75) is 38.3 Å². The second-order valence-corrected chi connectivity index (χ2v) is 8.78. The average molecular weight is 423 g/mol. The highest BCUT2D eigenvalue weighted by Gasteiger charge is 2.64. The molecule has 3 aliphatic heterocycles. The molecule has 3 saturated heterocycles. The van der Waals surface area contributed by atoms with Crippen molar-refractivity contribution in [1.29, 1.82) is 0 Å². The van der Waals surface area contributed by atoms with E-state index < -0.39 is 17.9 Å². The summed E-state index contributed by atoms with van der Waals surface area (Å²) >= 11 is 5.98. The van der Waals surface area contributed by atoms with Crippen molar-refractivity contribution in [2.24, 2.45) is 11.8 Å². The van der Waals surface area contributed by atoms with Gasteiger partial charge in [0.25, 0.3) is 0 Å². The fourth-order valence-corrected chi connectivity index (χ4v) is 5.56. The van der Waals surface area contributed by atoms with Crippen molar-refractivity contribution in [1.82, 2.24) is 4.90 Å². The minimum absolute atomic E-state index is 0.0485. The van der Waals surface area contributed by atoms with Gasteiger partial charge in [-0.3, -0.25) is 19.3 Å². The van der Waals surface area contributed by atoms with Crippen molar-refractivity contribution in [2.75, 3.05) is 11.4 Å². The molecule has 0 radical (unpaired) electrons. The summed E-state index contributed by atoms with van der Waals surface area (Å²) in [6.45, 7) is 2.81. The fraction of sp³-hybridized carbons (Fsp3) is 0.375. The van der Waals surface area contributed by atoms with E-state index in [2.05, 4.69) is 11.8 Å². The van der Waals surface area contributed by atoms with Crippen LogP contribution in [0.3, 0.4) is 0 Å². The van der Waals surface area contributed by atoms with Crippen LogP contribution in [0.25, 0.3) is 0 Å². The molecule has 0 bridgehead atoms. The number of rotatable bonds is 4. The first kappa shape index (κ1) is 19.5. The number of halogens is 1. The van der Waals surface area contributed by atoms with E-state index in [-0.39, 0.29) is 23.6 Å². The number of carbonyl (C=O) groups is 3. The topological polar surface area (TPSA) is 57.7 Å². The van der Waals surface area contributed by atoms with Crippen LogP contribution in [0.1, 0.15) is 35.7 Å². The number of carbonyl (C=O) groups excluding carboxylic acids is 3. The summed E-state index contributed by atoms with van der Waals surface area (Å²) in [5.74, 6) is -1.60. The summed E-state index contributed by atoms with van der Waals surface area (Å²) in [7, 11) is 0. The number of hydrogen-bond acceptors (Lipinski definition) is 4. The zero-order valence-corrected chi connectivity index (χ0v) is 17.5. The standard InChI is InChI=1S/C24H23ClN2O3/c1-2-14-5-11-17(12-6-14)27-23(29)19-18-4-3-13-26(18)21(20(19)24(27)30)22(28)15-7-9-16(25)10-8-15/h5-12,18-21H,2-4,13H2,1H3/t18-,19-,20+,21-/m0/s1. The average Bonchev–Trinajstić information content (AvgIpc) is 3.40. The van der Waals surface area contributed by atoms with Crippen LogP contribution in [0.15, 0.2) is 48.5 Å². The molecule has 3 fully saturated rings. The molecule has 6 heteroatoms. The number of hydrogen-bond donors (Lipinski definition) is 0. The Bertz CT molecular complexity index is 1020. The first-order chi connectivity index (χ1) is 14.5. The van der Waals surface area contributed by atoms with E-state index in [0.29, 0.717) is 16.3 Å². The number of benzene rings is 2. The lowest BCUT2D eigenvalue weighted by Gasteiger charge is -2.27. The largest absolute Gasteiger partial charge is 0.292 e. The second-order valence-electron chi connectivity index (χ2n) is 8.35. The molecule has 3 aliphatic rings. The predicted octanol–water partition coefficient (Wildman–Crippen LogP) is 3.74. The van der Waals surface area contributed by atoms with Gasteiger partial charge in [-0.15, -0.1) is 0 Å². The van der Waals surface area contributed by atoms with Gasteiger partial charge in [0.2, 0.25) is 11.8 Å². The summed E-state index contributed by atoms with van der Waals surface area (Å²) in [4.78, 5) is 43.7. The van der Waals surface area contributed by atoms with Crippen molar-refractivity contribution in [3.63, 3.8) is 0 Å². The zero-order chi connectivity index (χ0) is 21.0. The Morgan fingerprint density at radius 3 is 2.33 bits per heavy atom. The number of imide groups is 1. The van der Waals surface area contributed by atoms with Gasteiger partial charge < -0.3 is 0 Å². The van der Waals surface area contributed by atoms with Gasteiger partial charge in [-0.25, -0.2) is 4.90 Å². The van der Waals surface area contributed by atoms with E-state index in [4.69, 9.17) is 11.6 Å². The molecule has 2 amide bonds. The Kier molecular flexibility index (Phi) is 4.75. The third-order valence-corrected chi connectivity index (χ3v) is 7.10. The Morgan fingerprint density at radius 2 is 1.67 bits per heavy atom. The number of aryl methyl sites for hydroxylation is 1. The van der Waals surface area contributed by atoms with E-state index in [1.807, 2.05) is 24.3 Å². The van der Waals surface area contributed by atoms with Crippen LogP contribution in [-0.4, -0.2) is 41.1 Å². The van der Waals surface area contributed by atoms with Crippen LogP contribution >= 0.6 is 11.6 Å². The maximum absolute atomic E-state index is 13.5. The van der Waals surface area contributed by atoms with E-state index in [1.165, 1.54) is 4.90 Å². The summed E-state index contributed by atoms with van der Waals surface area (Å²) < 4.78 is 0. The van der Waals surface area contributed by atoms with Gasteiger partial charge in [0, 0.05) is 16.6 Å². The Labute approximate surface area is 180 Å². The molecular weight excluding hydrogens is 400 g/mol. The van der Waals surface area contributed by atoms with Crippen molar-refractivity contribution in [3.05, 3.63) is 64.7 Å². The molecule has 2 aromatic rings. The number of nitrogens with zero attached hydrogens (tertiary/aromatic N) is 2. The predicted molar refractivity (Wildman–Crippen MR) is 115 cm³/mol. The van der Waals surface area contributed by atoms with Gasteiger partial charge in [-0.05, 0) is 67.8 Å². The highest BCUT2D eigenvalue weighted by atomic mass is 35.5. The van der Waals surface area contributed by atoms with E-state index in [1.54, 1.807) is 24.3 Å². The number of fused-ring (bicyclic) bond motifs is 3. The SMILES string of the molecule is CCc1ccc(N2C(=O)[C@@H]3[C@@H](C2=O)[C@@H]2CCCN2[C@@H]3C(=O)c2ccc(Cl)cc2)cc1. The molecule has 30 heavy (non-hydrogen) atoms. The molecule has 5 rings (SSSR count). The van der Waals surface area contributed by atoms with E-state index in [0.717, 1.165) is 31.4 Å². The normalized spacial score (nSPS) is 28.1. The van der Waals surface area contributed by atoms with Crippen LogP contribution in [0.2, 0.25) is 5.02 Å². The molecule has 3 heterocycles. The van der Waals surface area contributed by atoms with Gasteiger partial charge >= 0.3 is 0 Å². The molecule has 0 unspecified atom stereocenters. The molecule has 0 N–H and O–H groups in total. The van der Waals surface area contributed by atoms with Crippen molar-refractivity contribution >= 4 is 34.9 Å². The summed E-state index contributed by atoms with van der Waals surface area (Å²) in [6, 6.07) is 13.7. The fourth-order valence-electron chi connectivity index (χ4n) is 5.44. The first-order valence-corrected chi connectivity index (χ1v) is 10.9. The third kappa shape index (κ3) is 2.83. The number of amides is 2. The lowest BCUT2D eigenvalue weighted by molar-refractivity contribution is -0.123. The molecule has 0 spiro atoms. The number of ketones is 1. The Balaban J connectivity index is 1.52. The van der Waals surface area contributed by atoms with Gasteiger partial charge in [-0.2, -0.15) is 0 Å². The molecular formula is C24H23ClN2O3. The molecule has 4 atom stereocenters. The molecule has 0 aliphatic carbocycles. The van der Waals surface area contributed by atoms with Crippen LogP contribution < -0.4 is 4.90 Å². The van der Waals surface area contributed by atoms with E-state index >= 15 is 0 Å². The maximum Gasteiger partial charge on any atom is 0.239 e. The molecule has 5 nitrogen and oxygen atoms in total. The minimum Gasteiger partial charge on any atom is -0.292 e. The summed E-state index contributed by atoms with van der Waals surface area (Å²) in [5, 5.41) is 0.559.